The van der Waals surface area contributed by atoms with Crippen molar-refractivity contribution in [3.8, 4) is 0 Å². The number of hydrogen-bond acceptors (Lipinski definition) is 3. The Hall–Kier alpha value is -0.350. The second-order valence-electron chi connectivity index (χ2n) is 2.67. The normalized spacial score (nSPS) is 10.2. The molecule has 12 heavy (non-hydrogen) atoms. The number of nitrogens with one attached hydrogen (secondary N) is 1. The molecule has 0 aliphatic rings. The summed E-state index contributed by atoms with van der Waals surface area (Å²) in [5, 5.41) is 0. The van der Waals surface area contributed by atoms with Gasteiger partial charge in [-0.3, -0.25) is 0 Å². The van der Waals surface area contributed by atoms with Gasteiger partial charge < -0.3 is 4.98 Å². The molecule has 4 heteroatoms. The highest BCUT2D eigenvalue weighted by Crippen LogP contribution is 2.08. The average molecular weight is 200 g/mol. The zero-order valence-corrected chi connectivity index (χ0v) is 9.10. The van der Waals surface area contributed by atoms with Gasteiger partial charge in [-0.15, -0.1) is 0 Å². The van der Waals surface area contributed by atoms with E-state index in [1.165, 1.54) is 0 Å². The van der Waals surface area contributed by atoms with Crippen LogP contribution < -0.4 is 0 Å². The lowest BCUT2D eigenvalue weighted by molar-refractivity contribution is 0.963. The van der Waals surface area contributed by atoms with Gasteiger partial charge in [0.1, 0.15) is 10.5 Å². The minimum Gasteiger partial charge on any atom is -0.346 e. The predicted molar refractivity (Wildman–Crippen MR) is 56.1 cm³/mol. The number of nitrogens with zero attached hydrogens (tertiary/aromatic N) is 1. The highest BCUT2D eigenvalue weighted by molar-refractivity contribution is 7.97. The van der Waals surface area contributed by atoms with E-state index in [0.29, 0.717) is 0 Å². The van der Waals surface area contributed by atoms with Gasteiger partial charge in [0.25, 0.3) is 0 Å². The molecule has 0 aromatic carbocycles. The van der Waals surface area contributed by atoms with Crippen molar-refractivity contribution in [2.45, 2.75) is 19.6 Å². The van der Waals surface area contributed by atoms with E-state index >= 15 is 0 Å². The van der Waals surface area contributed by atoms with E-state index in [4.69, 9.17) is 12.2 Å². The molecule has 0 amide bonds. The van der Waals surface area contributed by atoms with Gasteiger partial charge in [-0.2, -0.15) is 11.8 Å². The largest absolute Gasteiger partial charge is 0.346 e. The average Bonchev–Trinajstić information content (AvgIpc) is 2.01. The van der Waals surface area contributed by atoms with Crippen LogP contribution in [0.4, 0.5) is 0 Å². The zero-order valence-electron chi connectivity index (χ0n) is 7.47. The minimum absolute atomic E-state index is 0.718. The Bertz CT molecular complexity index is 330. The molecule has 0 fully saturated rings. The SMILES string of the molecule is CSCc1nc(=S)c(C)c(C)[nH]1. The molecule has 0 aliphatic carbocycles. The third-order valence-electron chi connectivity index (χ3n) is 1.73. The van der Waals surface area contributed by atoms with Gasteiger partial charge >= 0.3 is 0 Å². The minimum atomic E-state index is 0.718. The molecule has 0 radical (unpaired) electrons. The molecule has 1 aromatic rings. The van der Waals surface area contributed by atoms with Crippen LogP contribution >= 0.6 is 24.0 Å². The Morgan fingerprint density at radius 2 is 2.17 bits per heavy atom. The van der Waals surface area contributed by atoms with Crippen molar-refractivity contribution in [2.75, 3.05) is 6.26 Å². The monoisotopic (exact) mass is 200 g/mol. The third kappa shape index (κ3) is 2.08. The van der Waals surface area contributed by atoms with Crippen molar-refractivity contribution in [3.05, 3.63) is 21.7 Å². The second kappa shape index (κ2) is 4.05. The quantitative estimate of drug-likeness (QED) is 0.744. The predicted octanol–water partition coefficient (Wildman–Crippen LogP) is 2.62. The first kappa shape index (κ1) is 9.74. The maximum atomic E-state index is 5.10. The molecule has 66 valence electrons. The number of aryl methyl sites for hydroxylation is 1. The molecule has 0 spiro atoms. The van der Waals surface area contributed by atoms with Gasteiger partial charge in [-0.05, 0) is 20.1 Å². The molecule has 1 rings (SSSR count). The molecule has 0 atom stereocenters. The summed E-state index contributed by atoms with van der Waals surface area (Å²) in [5.74, 6) is 1.86. The lowest BCUT2D eigenvalue weighted by atomic mass is 10.3. The summed E-state index contributed by atoms with van der Waals surface area (Å²) in [6.07, 6.45) is 2.05. The molecule has 1 N–H and O–H groups in total. The first-order chi connectivity index (χ1) is 5.65. The molecule has 1 heterocycles. The zero-order chi connectivity index (χ0) is 9.14. The smallest absolute Gasteiger partial charge is 0.132 e. The lowest BCUT2D eigenvalue weighted by Crippen LogP contribution is -1.98. The molecular weight excluding hydrogens is 188 g/mol. The van der Waals surface area contributed by atoms with Crippen molar-refractivity contribution >= 4 is 24.0 Å². The second-order valence-corrected chi connectivity index (χ2v) is 3.92. The van der Waals surface area contributed by atoms with E-state index in [2.05, 4.69) is 9.97 Å². The van der Waals surface area contributed by atoms with Crippen LogP contribution in [0.5, 0.6) is 0 Å². The van der Waals surface area contributed by atoms with Crippen molar-refractivity contribution in [2.24, 2.45) is 0 Å². The molecule has 1 aromatic heterocycles. The number of aromatic nitrogens is 2. The van der Waals surface area contributed by atoms with Gasteiger partial charge in [0.05, 0.1) is 5.75 Å². The summed E-state index contributed by atoms with van der Waals surface area (Å²) >= 11 is 6.84. The fourth-order valence-electron chi connectivity index (χ4n) is 0.910. The Labute approximate surface area is 81.8 Å². The summed E-state index contributed by atoms with van der Waals surface area (Å²) in [5.41, 5.74) is 2.20. The van der Waals surface area contributed by atoms with Crippen molar-refractivity contribution < 1.29 is 0 Å². The topological polar surface area (TPSA) is 28.7 Å². The van der Waals surface area contributed by atoms with Crippen LogP contribution in [0.15, 0.2) is 0 Å². The van der Waals surface area contributed by atoms with Crippen LogP contribution in [0.25, 0.3) is 0 Å². The van der Waals surface area contributed by atoms with Gasteiger partial charge in [0.15, 0.2) is 0 Å². The lowest BCUT2D eigenvalue weighted by Gasteiger charge is -2.03. The van der Waals surface area contributed by atoms with E-state index in [9.17, 15) is 0 Å². The number of H-pyrrole nitrogens is 1. The maximum absolute atomic E-state index is 5.10. The van der Waals surface area contributed by atoms with Gasteiger partial charge in [0, 0.05) is 11.3 Å². The van der Waals surface area contributed by atoms with Crippen molar-refractivity contribution in [1.82, 2.24) is 9.97 Å². The van der Waals surface area contributed by atoms with Crippen LogP contribution in [0.1, 0.15) is 17.1 Å². The van der Waals surface area contributed by atoms with E-state index in [1.807, 2.05) is 20.1 Å². The van der Waals surface area contributed by atoms with Crippen LogP contribution in [0.3, 0.4) is 0 Å². The van der Waals surface area contributed by atoms with Crippen LogP contribution in [-0.4, -0.2) is 16.2 Å². The summed E-state index contributed by atoms with van der Waals surface area (Å²) < 4.78 is 0.718. The molecule has 0 saturated heterocycles. The summed E-state index contributed by atoms with van der Waals surface area (Å²) in [7, 11) is 0. The fourth-order valence-corrected chi connectivity index (χ4v) is 1.58. The van der Waals surface area contributed by atoms with Gasteiger partial charge in [0.2, 0.25) is 0 Å². The Kier molecular flexibility index (Phi) is 3.29. The first-order valence-electron chi connectivity index (χ1n) is 3.70. The molecule has 0 saturated carbocycles. The van der Waals surface area contributed by atoms with E-state index in [0.717, 1.165) is 27.5 Å². The van der Waals surface area contributed by atoms with Crippen molar-refractivity contribution in [1.29, 1.82) is 0 Å². The highest BCUT2D eigenvalue weighted by Gasteiger charge is 1.99. The number of hydrogen-bond donors (Lipinski definition) is 1. The first-order valence-corrected chi connectivity index (χ1v) is 5.50. The molecule has 0 unspecified atom stereocenters. The molecule has 2 nitrogen and oxygen atoms in total. The maximum Gasteiger partial charge on any atom is 0.132 e. The fraction of sp³-hybridized carbons (Fsp3) is 0.500. The van der Waals surface area contributed by atoms with E-state index in [1.54, 1.807) is 11.8 Å². The van der Waals surface area contributed by atoms with Crippen molar-refractivity contribution in [3.63, 3.8) is 0 Å². The Morgan fingerprint density at radius 1 is 1.50 bits per heavy atom. The highest BCUT2D eigenvalue weighted by atomic mass is 32.2. The van der Waals surface area contributed by atoms with E-state index in [-0.39, 0.29) is 0 Å². The standard InChI is InChI=1S/C8H12N2S2/c1-5-6(2)9-7(4-12-3)10-8(5)11/h4H2,1-3H3,(H,9,10,11). The summed E-state index contributed by atoms with van der Waals surface area (Å²) in [4.78, 5) is 7.48. The summed E-state index contributed by atoms with van der Waals surface area (Å²) in [6.45, 7) is 4.01. The molecular formula is C8H12N2S2. The number of rotatable bonds is 2. The van der Waals surface area contributed by atoms with Gasteiger partial charge in [-0.1, -0.05) is 12.2 Å². The van der Waals surface area contributed by atoms with Gasteiger partial charge in [-0.25, -0.2) is 4.98 Å². The number of aromatic amines is 1. The Morgan fingerprint density at radius 3 is 2.67 bits per heavy atom. The van der Waals surface area contributed by atoms with Crippen LogP contribution in [0.2, 0.25) is 0 Å². The van der Waals surface area contributed by atoms with Crippen LogP contribution in [0, 0.1) is 18.5 Å². The summed E-state index contributed by atoms with van der Waals surface area (Å²) in [6, 6.07) is 0. The number of thioether (sulfide) groups is 1. The van der Waals surface area contributed by atoms with Crippen LogP contribution in [-0.2, 0) is 5.75 Å². The molecule has 0 aliphatic heterocycles. The van der Waals surface area contributed by atoms with E-state index < -0.39 is 0 Å². The Balaban J connectivity index is 3.13. The molecule has 0 bridgehead atoms. The third-order valence-corrected chi connectivity index (χ3v) is 2.69.